The van der Waals surface area contributed by atoms with Crippen molar-refractivity contribution >= 4 is 17.5 Å². The summed E-state index contributed by atoms with van der Waals surface area (Å²) in [4.78, 5) is 26.6. The van der Waals surface area contributed by atoms with E-state index in [0.29, 0.717) is 11.3 Å². The highest BCUT2D eigenvalue weighted by Crippen LogP contribution is 2.20. The van der Waals surface area contributed by atoms with Crippen LogP contribution >= 0.6 is 0 Å². The van der Waals surface area contributed by atoms with Gasteiger partial charge in [-0.15, -0.1) is 0 Å². The normalized spacial score (nSPS) is 10.7. The van der Waals surface area contributed by atoms with Crippen molar-refractivity contribution in [3.8, 4) is 5.69 Å². The van der Waals surface area contributed by atoms with E-state index < -0.39 is 5.82 Å². The second-order valence-corrected chi connectivity index (χ2v) is 6.98. The zero-order valence-electron chi connectivity index (χ0n) is 16.9. The third kappa shape index (κ3) is 4.18. The van der Waals surface area contributed by atoms with Crippen molar-refractivity contribution in [1.29, 1.82) is 0 Å². The molecule has 150 valence electrons. The van der Waals surface area contributed by atoms with Gasteiger partial charge in [-0.1, -0.05) is 30.3 Å². The number of hydrogen-bond acceptors (Lipinski definition) is 3. The summed E-state index contributed by atoms with van der Waals surface area (Å²) in [5, 5.41) is 7.01. The number of anilines is 1. The van der Waals surface area contributed by atoms with Gasteiger partial charge in [0.2, 0.25) is 5.91 Å². The van der Waals surface area contributed by atoms with E-state index >= 15 is 0 Å². The predicted octanol–water partition coefficient (Wildman–Crippen LogP) is 3.65. The first-order chi connectivity index (χ1) is 13.8. The molecule has 1 aromatic heterocycles. The van der Waals surface area contributed by atoms with Crippen molar-refractivity contribution < 1.29 is 14.0 Å². The second kappa shape index (κ2) is 8.26. The first-order valence-electron chi connectivity index (χ1n) is 9.20. The molecule has 7 heteroatoms. The summed E-state index contributed by atoms with van der Waals surface area (Å²) in [5.41, 5.74) is 3.74. The molecule has 0 aliphatic carbocycles. The second-order valence-electron chi connectivity index (χ2n) is 6.98. The molecular weight excluding hydrogens is 371 g/mol. The quantitative estimate of drug-likeness (QED) is 0.718. The van der Waals surface area contributed by atoms with Crippen molar-refractivity contribution in [2.45, 2.75) is 20.8 Å². The van der Waals surface area contributed by atoms with Gasteiger partial charge in [-0.2, -0.15) is 5.10 Å². The van der Waals surface area contributed by atoms with Crippen LogP contribution in [0.5, 0.6) is 0 Å². The van der Waals surface area contributed by atoms with Crippen molar-refractivity contribution in [1.82, 2.24) is 14.7 Å². The number of halogens is 1. The number of nitrogens with zero attached hydrogens (tertiary/aromatic N) is 3. The zero-order chi connectivity index (χ0) is 21.1. The van der Waals surface area contributed by atoms with Crippen LogP contribution in [0.3, 0.4) is 0 Å². The molecule has 0 aliphatic heterocycles. The lowest BCUT2D eigenvalue weighted by molar-refractivity contribution is -0.116. The lowest BCUT2D eigenvalue weighted by Crippen LogP contribution is -2.35. The molecule has 0 saturated heterocycles. The zero-order valence-corrected chi connectivity index (χ0v) is 16.9. The molecule has 0 radical (unpaired) electrons. The fraction of sp³-hybridized carbons (Fsp3) is 0.227. The molecule has 3 rings (SSSR count). The molecule has 1 N–H and O–H groups in total. The van der Waals surface area contributed by atoms with Gasteiger partial charge in [-0.05, 0) is 44.0 Å². The van der Waals surface area contributed by atoms with Gasteiger partial charge in [-0.3, -0.25) is 9.59 Å². The molecule has 0 unspecified atom stereocenters. The number of carbonyl (C=O) groups is 2. The Morgan fingerprint density at radius 3 is 2.38 bits per heavy atom. The van der Waals surface area contributed by atoms with Crippen molar-refractivity contribution in [2.75, 3.05) is 18.9 Å². The summed E-state index contributed by atoms with van der Waals surface area (Å²) in [6.07, 6.45) is 1.39. The average Bonchev–Trinajstić information content (AvgIpc) is 3.05. The van der Waals surface area contributed by atoms with E-state index in [-0.39, 0.29) is 24.0 Å². The van der Waals surface area contributed by atoms with E-state index in [9.17, 15) is 14.0 Å². The number of aryl methyl sites for hydroxylation is 2. The lowest BCUT2D eigenvalue weighted by Gasteiger charge is -2.18. The van der Waals surface area contributed by atoms with Crippen LogP contribution in [0.4, 0.5) is 10.1 Å². The van der Waals surface area contributed by atoms with Crippen LogP contribution in [-0.4, -0.2) is 40.1 Å². The SMILES string of the molecule is Cc1cccc(C)c1NC(=O)CN(C)C(=O)c1cnn(-c2ccccc2F)c1C. The smallest absolute Gasteiger partial charge is 0.257 e. The van der Waals surface area contributed by atoms with E-state index in [0.717, 1.165) is 16.8 Å². The summed E-state index contributed by atoms with van der Waals surface area (Å²) in [6, 6.07) is 12.0. The van der Waals surface area contributed by atoms with Gasteiger partial charge in [0.05, 0.1) is 24.0 Å². The number of carbonyl (C=O) groups excluding carboxylic acids is 2. The lowest BCUT2D eigenvalue weighted by atomic mass is 10.1. The maximum Gasteiger partial charge on any atom is 0.257 e. The molecule has 3 aromatic rings. The van der Waals surface area contributed by atoms with Crippen LogP contribution < -0.4 is 5.32 Å². The van der Waals surface area contributed by atoms with Gasteiger partial charge < -0.3 is 10.2 Å². The Bertz CT molecular complexity index is 1050. The van der Waals surface area contributed by atoms with Crippen LogP contribution in [0.25, 0.3) is 5.69 Å². The highest BCUT2D eigenvalue weighted by Gasteiger charge is 2.21. The van der Waals surface area contributed by atoms with Crippen molar-refractivity contribution in [3.05, 3.63) is 76.9 Å². The Morgan fingerprint density at radius 1 is 1.07 bits per heavy atom. The summed E-state index contributed by atoms with van der Waals surface area (Å²) in [5.74, 6) is -1.09. The molecule has 29 heavy (non-hydrogen) atoms. The Balaban J connectivity index is 1.74. The Kier molecular flexibility index (Phi) is 5.77. The fourth-order valence-corrected chi connectivity index (χ4v) is 3.17. The Morgan fingerprint density at radius 2 is 1.72 bits per heavy atom. The number of amides is 2. The standard InChI is InChI=1S/C22H23FN4O2/c1-14-8-7-9-15(2)21(14)25-20(28)13-26(4)22(29)17-12-24-27(16(17)3)19-11-6-5-10-18(19)23/h5-12H,13H2,1-4H3,(H,25,28). The molecular formula is C22H23FN4O2. The maximum absolute atomic E-state index is 14.1. The van der Waals surface area contributed by atoms with Gasteiger partial charge >= 0.3 is 0 Å². The number of likely N-dealkylation sites (N-methyl/N-ethyl adjacent to an activating group) is 1. The number of aromatic nitrogens is 2. The van der Waals surface area contributed by atoms with E-state index in [4.69, 9.17) is 0 Å². The van der Waals surface area contributed by atoms with Gasteiger partial charge in [-0.25, -0.2) is 9.07 Å². The first kappa shape index (κ1) is 20.3. The van der Waals surface area contributed by atoms with Crippen LogP contribution in [0.2, 0.25) is 0 Å². The minimum absolute atomic E-state index is 0.114. The molecule has 0 atom stereocenters. The molecule has 0 spiro atoms. The maximum atomic E-state index is 14.1. The van der Waals surface area contributed by atoms with E-state index in [2.05, 4.69) is 10.4 Å². The molecule has 0 aliphatic rings. The number of hydrogen-bond donors (Lipinski definition) is 1. The Labute approximate surface area is 169 Å². The summed E-state index contributed by atoms with van der Waals surface area (Å²) < 4.78 is 15.4. The molecule has 2 aromatic carbocycles. The van der Waals surface area contributed by atoms with E-state index in [1.807, 2.05) is 32.0 Å². The summed E-state index contributed by atoms with van der Waals surface area (Å²) >= 11 is 0. The average molecular weight is 394 g/mol. The molecule has 2 amide bonds. The number of para-hydroxylation sites is 2. The van der Waals surface area contributed by atoms with Crippen LogP contribution in [-0.2, 0) is 4.79 Å². The van der Waals surface area contributed by atoms with E-state index in [1.165, 1.54) is 21.8 Å². The molecule has 1 heterocycles. The van der Waals surface area contributed by atoms with Crippen molar-refractivity contribution in [3.63, 3.8) is 0 Å². The van der Waals surface area contributed by atoms with Gasteiger partial charge in [0, 0.05) is 12.7 Å². The molecule has 0 saturated carbocycles. The van der Waals surface area contributed by atoms with Gasteiger partial charge in [0.15, 0.2) is 0 Å². The third-order valence-electron chi connectivity index (χ3n) is 4.79. The van der Waals surface area contributed by atoms with Gasteiger partial charge in [0.25, 0.3) is 5.91 Å². The molecule has 0 fully saturated rings. The third-order valence-corrected chi connectivity index (χ3v) is 4.79. The highest BCUT2D eigenvalue weighted by molar-refractivity contribution is 6.00. The summed E-state index contributed by atoms with van der Waals surface area (Å²) in [7, 11) is 1.55. The Hall–Kier alpha value is -3.48. The minimum Gasteiger partial charge on any atom is -0.332 e. The number of rotatable bonds is 5. The fourth-order valence-electron chi connectivity index (χ4n) is 3.17. The topological polar surface area (TPSA) is 67.2 Å². The van der Waals surface area contributed by atoms with Crippen LogP contribution in [0.1, 0.15) is 27.2 Å². The number of benzene rings is 2. The minimum atomic E-state index is -0.431. The van der Waals surface area contributed by atoms with Crippen molar-refractivity contribution in [2.24, 2.45) is 0 Å². The van der Waals surface area contributed by atoms with Crippen LogP contribution in [0.15, 0.2) is 48.7 Å². The number of nitrogens with one attached hydrogen (secondary N) is 1. The molecule has 0 bridgehead atoms. The van der Waals surface area contributed by atoms with E-state index in [1.54, 1.807) is 32.2 Å². The summed E-state index contributed by atoms with van der Waals surface area (Å²) in [6.45, 7) is 5.41. The largest absolute Gasteiger partial charge is 0.332 e. The van der Waals surface area contributed by atoms with Crippen LogP contribution in [0, 0.1) is 26.6 Å². The molecule has 6 nitrogen and oxygen atoms in total. The predicted molar refractivity (Wildman–Crippen MR) is 110 cm³/mol. The van der Waals surface area contributed by atoms with Gasteiger partial charge in [0.1, 0.15) is 11.5 Å². The monoisotopic (exact) mass is 394 g/mol. The highest BCUT2D eigenvalue weighted by atomic mass is 19.1. The first-order valence-corrected chi connectivity index (χ1v) is 9.20.